The second kappa shape index (κ2) is 12.0. The van der Waals surface area contributed by atoms with Gasteiger partial charge >= 0.3 is 0 Å². The third-order valence-corrected chi connectivity index (χ3v) is 6.86. The fraction of sp³-hybridized carbons (Fsp3) is 0.308. The van der Waals surface area contributed by atoms with Gasteiger partial charge in [-0.25, -0.2) is 9.97 Å². The van der Waals surface area contributed by atoms with Crippen LogP contribution in [-0.4, -0.2) is 58.6 Å². The van der Waals surface area contributed by atoms with Gasteiger partial charge in [0.05, 0.1) is 11.8 Å². The number of rotatable bonds is 8. The first-order valence-corrected chi connectivity index (χ1v) is 13.0. The van der Waals surface area contributed by atoms with Crippen LogP contribution in [0.5, 0.6) is 0 Å². The molecule has 9 heteroatoms. The number of aromatic nitrogens is 2. The highest BCUT2D eigenvalue weighted by Gasteiger charge is 2.22. The predicted molar refractivity (Wildman–Crippen MR) is 140 cm³/mol. The monoisotopic (exact) mass is 509 g/mol. The normalized spacial score (nSPS) is 13.7. The van der Waals surface area contributed by atoms with E-state index in [1.54, 1.807) is 6.07 Å². The molecule has 0 atom stereocenters. The van der Waals surface area contributed by atoms with Gasteiger partial charge in [-0.2, -0.15) is 0 Å². The molecule has 3 aromatic rings. The van der Waals surface area contributed by atoms with Gasteiger partial charge in [-0.15, -0.1) is 0 Å². The molecule has 2 amide bonds. The predicted octanol–water partition coefficient (Wildman–Crippen LogP) is 4.19. The zero-order valence-electron chi connectivity index (χ0n) is 19.6. The number of nitrogens with one attached hydrogen (secondary N) is 1. The van der Waals surface area contributed by atoms with Crippen LogP contribution in [0.15, 0.2) is 71.9 Å². The maximum absolute atomic E-state index is 12.9. The highest BCUT2D eigenvalue weighted by Crippen LogP contribution is 2.25. The number of piperazine rings is 1. The lowest BCUT2D eigenvalue weighted by atomic mass is 9.99. The van der Waals surface area contributed by atoms with Crippen molar-refractivity contribution in [2.24, 2.45) is 0 Å². The lowest BCUT2D eigenvalue weighted by Gasteiger charge is -2.35. The van der Waals surface area contributed by atoms with Crippen LogP contribution >= 0.6 is 23.4 Å². The van der Waals surface area contributed by atoms with Crippen LogP contribution in [0, 0.1) is 0 Å². The van der Waals surface area contributed by atoms with Crippen molar-refractivity contribution in [1.29, 1.82) is 0 Å². The summed E-state index contributed by atoms with van der Waals surface area (Å²) in [6.45, 7) is 4.54. The molecule has 1 aliphatic heterocycles. The summed E-state index contributed by atoms with van der Waals surface area (Å²) < 4.78 is 0. The van der Waals surface area contributed by atoms with E-state index in [1.807, 2.05) is 72.5 Å². The van der Waals surface area contributed by atoms with Gasteiger partial charge in [-0.1, -0.05) is 91.0 Å². The number of hydrogen-bond donors (Lipinski definition) is 1. The fourth-order valence-electron chi connectivity index (χ4n) is 4.00. The molecule has 2 heterocycles. The van der Waals surface area contributed by atoms with Crippen LogP contribution in [0.3, 0.4) is 0 Å². The van der Waals surface area contributed by atoms with Crippen molar-refractivity contribution in [3.8, 4) is 0 Å². The van der Waals surface area contributed by atoms with Crippen molar-refractivity contribution >= 4 is 41.0 Å². The first-order valence-electron chi connectivity index (χ1n) is 11.6. The van der Waals surface area contributed by atoms with Crippen LogP contribution < -0.4 is 10.2 Å². The molecule has 0 bridgehead atoms. The quantitative estimate of drug-likeness (QED) is 0.279. The molecular formula is C26H28ClN5O2S. The number of halogens is 1. The van der Waals surface area contributed by atoms with Crippen LogP contribution in [0.1, 0.15) is 30.5 Å². The van der Waals surface area contributed by atoms with E-state index in [0.717, 1.165) is 11.1 Å². The molecule has 1 fully saturated rings. The molecule has 0 radical (unpaired) electrons. The number of benzene rings is 2. The highest BCUT2D eigenvalue weighted by atomic mass is 35.5. The molecule has 0 aliphatic carbocycles. The number of thioether (sulfide) groups is 1. The third-order valence-electron chi connectivity index (χ3n) is 5.82. The van der Waals surface area contributed by atoms with E-state index in [0.29, 0.717) is 48.7 Å². The standard InChI is InChI=1S/C26H28ClN5O2S/c1-2-24(34)32-15-13-31(14-16-32)22-17-21(27)28-26(29-22)35-18-23(33)30-25(19-9-5-3-6-10-19)20-11-7-4-8-12-20/h3-12,17,25H,2,13-16,18H2,1H3,(H,30,33). The van der Waals surface area contributed by atoms with Crippen molar-refractivity contribution in [2.75, 3.05) is 36.8 Å². The topological polar surface area (TPSA) is 78.4 Å². The van der Waals surface area contributed by atoms with Gasteiger partial charge < -0.3 is 15.1 Å². The number of hydrogen-bond acceptors (Lipinski definition) is 6. The lowest BCUT2D eigenvalue weighted by Crippen LogP contribution is -2.48. The molecular weight excluding hydrogens is 482 g/mol. The zero-order chi connectivity index (χ0) is 24.6. The van der Waals surface area contributed by atoms with Gasteiger partial charge in [0, 0.05) is 38.7 Å². The lowest BCUT2D eigenvalue weighted by molar-refractivity contribution is -0.131. The largest absolute Gasteiger partial charge is 0.353 e. The molecule has 2 aromatic carbocycles. The molecule has 7 nitrogen and oxygen atoms in total. The van der Waals surface area contributed by atoms with Crippen LogP contribution in [0.4, 0.5) is 5.82 Å². The summed E-state index contributed by atoms with van der Waals surface area (Å²) in [6.07, 6.45) is 0.511. The first-order chi connectivity index (χ1) is 17.0. The average molecular weight is 510 g/mol. The Hall–Kier alpha value is -3.10. The molecule has 1 saturated heterocycles. The maximum Gasteiger partial charge on any atom is 0.231 e. The number of amides is 2. The summed E-state index contributed by atoms with van der Waals surface area (Å²) in [7, 11) is 0. The summed E-state index contributed by atoms with van der Waals surface area (Å²) in [5, 5.41) is 3.92. The first kappa shape index (κ1) is 25.0. The molecule has 1 N–H and O–H groups in total. The van der Waals surface area contributed by atoms with E-state index in [1.165, 1.54) is 11.8 Å². The van der Waals surface area contributed by atoms with Gasteiger partial charge in [0.15, 0.2) is 5.16 Å². The maximum atomic E-state index is 12.9. The zero-order valence-corrected chi connectivity index (χ0v) is 21.1. The van der Waals surface area contributed by atoms with Gasteiger partial charge in [0.2, 0.25) is 11.8 Å². The van der Waals surface area contributed by atoms with E-state index in [-0.39, 0.29) is 23.6 Å². The second-order valence-corrected chi connectivity index (χ2v) is 9.49. The summed E-state index contributed by atoms with van der Waals surface area (Å²) in [4.78, 5) is 37.7. The van der Waals surface area contributed by atoms with E-state index >= 15 is 0 Å². The van der Waals surface area contributed by atoms with Gasteiger partial charge in [0.25, 0.3) is 0 Å². The van der Waals surface area contributed by atoms with E-state index in [9.17, 15) is 9.59 Å². The SMILES string of the molecule is CCC(=O)N1CCN(c2cc(Cl)nc(SCC(=O)NC(c3ccccc3)c3ccccc3)n2)CC1. The summed E-state index contributed by atoms with van der Waals surface area (Å²) in [6, 6.07) is 21.3. The Kier molecular flexibility index (Phi) is 8.60. The van der Waals surface area contributed by atoms with Gasteiger partial charge in [0.1, 0.15) is 11.0 Å². The van der Waals surface area contributed by atoms with Crippen molar-refractivity contribution < 1.29 is 9.59 Å². The second-order valence-electron chi connectivity index (χ2n) is 8.16. The van der Waals surface area contributed by atoms with Crippen LogP contribution in [0.2, 0.25) is 5.15 Å². The molecule has 1 aliphatic rings. The minimum Gasteiger partial charge on any atom is -0.353 e. The Morgan fingerprint density at radius 2 is 1.57 bits per heavy atom. The molecule has 0 unspecified atom stereocenters. The Bertz CT molecular complexity index is 1100. The molecule has 0 spiro atoms. The van der Waals surface area contributed by atoms with E-state index in [4.69, 9.17) is 11.6 Å². The number of nitrogens with zero attached hydrogens (tertiary/aromatic N) is 4. The summed E-state index contributed by atoms with van der Waals surface area (Å²) >= 11 is 7.53. The van der Waals surface area contributed by atoms with Crippen molar-refractivity contribution in [2.45, 2.75) is 24.5 Å². The molecule has 0 saturated carbocycles. The molecule has 35 heavy (non-hydrogen) atoms. The number of carbonyl (C=O) groups is 2. The fourth-order valence-corrected chi connectivity index (χ4v) is 4.90. The van der Waals surface area contributed by atoms with Crippen LogP contribution in [-0.2, 0) is 9.59 Å². The van der Waals surface area contributed by atoms with E-state index in [2.05, 4.69) is 20.2 Å². The summed E-state index contributed by atoms with van der Waals surface area (Å²) in [5.41, 5.74) is 2.03. The Morgan fingerprint density at radius 1 is 0.971 bits per heavy atom. The Balaban J connectivity index is 1.39. The van der Waals surface area contributed by atoms with E-state index < -0.39 is 0 Å². The summed E-state index contributed by atoms with van der Waals surface area (Å²) in [5.74, 6) is 0.916. The van der Waals surface area contributed by atoms with Crippen molar-refractivity contribution in [3.05, 3.63) is 83.0 Å². The molecule has 1 aromatic heterocycles. The van der Waals surface area contributed by atoms with Crippen molar-refractivity contribution in [3.63, 3.8) is 0 Å². The Morgan fingerprint density at radius 3 is 2.14 bits per heavy atom. The third kappa shape index (κ3) is 6.74. The number of carbonyl (C=O) groups excluding carboxylic acids is 2. The van der Waals surface area contributed by atoms with Crippen molar-refractivity contribution in [1.82, 2.24) is 20.2 Å². The molecule has 182 valence electrons. The minimum atomic E-state index is -0.247. The van der Waals surface area contributed by atoms with Gasteiger partial charge in [-0.05, 0) is 11.1 Å². The number of anilines is 1. The van der Waals surface area contributed by atoms with Gasteiger partial charge in [-0.3, -0.25) is 9.59 Å². The van der Waals surface area contributed by atoms with Crippen LogP contribution in [0.25, 0.3) is 0 Å². The molecule has 4 rings (SSSR count). The smallest absolute Gasteiger partial charge is 0.231 e. The highest BCUT2D eigenvalue weighted by molar-refractivity contribution is 7.99. The minimum absolute atomic E-state index is 0.121. The average Bonchev–Trinajstić information content (AvgIpc) is 2.91. The Labute approximate surface area is 214 Å².